The number of pyridine rings is 1. The van der Waals surface area contributed by atoms with Crippen molar-refractivity contribution in [1.82, 2.24) is 4.98 Å². The molecule has 0 spiro atoms. The maximum atomic E-state index is 13.1. The van der Waals surface area contributed by atoms with Crippen LogP contribution in [0.3, 0.4) is 0 Å². The van der Waals surface area contributed by atoms with Crippen molar-refractivity contribution in [1.29, 1.82) is 0 Å². The summed E-state index contributed by atoms with van der Waals surface area (Å²) in [5.74, 6) is -0.496. The molecule has 1 aromatic heterocycles. The van der Waals surface area contributed by atoms with Crippen molar-refractivity contribution in [3.05, 3.63) is 53.9 Å². The quantitative estimate of drug-likeness (QED) is 0.795. The van der Waals surface area contributed by atoms with Gasteiger partial charge in [-0.15, -0.1) is 0 Å². The number of carbonyl (C=O) groups is 1. The summed E-state index contributed by atoms with van der Waals surface area (Å²) in [5, 5.41) is 5.87. The molecule has 7 heteroatoms. The lowest BCUT2D eigenvalue weighted by Crippen LogP contribution is -2.24. The van der Waals surface area contributed by atoms with Crippen LogP contribution in [0.4, 0.5) is 24.5 Å². The van der Waals surface area contributed by atoms with Gasteiger partial charge in [-0.3, -0.25) is 9.78 Å². The Kier molecular flexibility index (Phi) is 5.44. The van der Waals surface area contributed by atoms with Crippen molar-refractivity contribution in [3.8, 4) is 0 Å². The molecule has 0 unspecified atom stereocenters. The average Bonchev–Trinajstić information content (AvgIpc) is 2.64. The minimum absolute atomic E-state index is 0.124. The van der Waals surface area contributed by atoms with Crippen molar-refractivity contribution >= 4 is 17.3 Å². The van der Waals surface area contributed by atoms with Crippen LogP contribution in [0.2, 0.25) is 0 Å². The highest BCUT2D eigenvalue weighted by Gasteiger charge is 2.31. The third kappa shape index (κ3) is 4.53. The minimum atomic E-state index is -4.48. The zero-order valence-corrected chi connectivity index (χ0v) is 14.1. The number of hydrogen-bond acceptors (Lipinski definition) is 3. The molecule has 2 aromatic rings. The van der Waals surface area contributed by atoms with E-state index in [9.17, 15) is 18.0 Å². The summed E-state index contributed by atoms with van der Waals surface area (Å²) in [6, 6.07) is 6.75. The van der Waals surface area contributed by atoms with Crippen molar-refractivity contribution in [2.24, 2.45) is 0 Å². The van der Waals surface area contributed by atoms with Gasteiger partial charge in [-0.1, -0.05) is 19.3 Å². The number of amides is 1. The zero-order chi connectivity index (χ0) is 18.6. The molecule has 1 fully saturated rings. The predicted octanol–water partition coefficient (Wildman–Crippen LogP) is 5.10. The topological polar surface area (TPSA) is 54.0 Å². The lowest BCUT2D eigenvalue weighted by Gasteiger charge is -2.25. The fourth-order valence-electron chi connectivity index (χ4n) is 3.11. The molecule has 4 nitrogen and oxygen atoms in total. The van der Waals surface area contributed by atoms with Gasteiger partial charge in [0.2, 0.25) is 0 Å². The van der Waals surface area contributed by atoms with Gasteiger partial charge >= 0.3 is 6.18 Å². The third-order valence-electron chi connectivity index (χ3n) is 4.48. The second-order valence-corrected chi connectivity index (χ2v) is 6.43. The van der Waals surface area contributed by atoms with Gasteiger partial charge in [-0.25, -0.2) is 0 Å². The number of halogens is 3. The molecule has 1 heterocycles. The Hall–Kier alpha value is -2.57. The minimum Gasteiger partial charge on any atom is -0.381 e. The first kappa shape index (κ1) is 18.2. The lowest BCUT2D eigenvalue weighted by atomic mass is 9.95. The van der Waals surface area contributed by atoms with Crippen molar-refractivity contribution in [3.63, 3.8) is 0 Å². The monoisotopic (exact) mass is 363 g/mol. The molecule has 0 bridgehead atoms. The number of aromatic nitrogens is 1. The maximum Gasteiger partial charge on any atom is 0.416 e. The summed E-state index contributed by atoms with van der Waals surface area (Å²) in [6.45, 7) is 0. The second kappa shape index (κ2) is 7.76. The Labute approximate surface area is 149 Å². The van der Waals surface area contributed by atoms with Crippen LogP contribution in [-0.4, -0.2) is 16.9 Å². The van der Waals surface area contributed by atoms with Gasteiger partial charge in [0.1, 0.15) is 0 Å². The fourth-order valence-corrected chi connectivity index (χ4v) is 3.11. The Morgan fingerprint density at radius 2 is 1.85 bits per heavy atom. The van der Waals surface area contributed by atoms with Gasteiger partial charge in [-0.2, -0.15) is 13.2 Å². The van der Waals surface area contributed by atoms with Crippen molar-refractivity contribution in [2.45, 2.75) is 44.3 Å². The van der Waals surface area contributed by atoms with E-state index in [1.807, 2.05) is 0 Å². The zero-order valence-electron chi connectivity index (χ0n) is 14.1. The van der Waals surface area contributed by atoms with Crippen molar-refractivity contribution < 1.29 is 18.0 Å². The number of rotatable bonds is 4. The number of hydrogen-bond donors (Lipinski definition) is 2. The van der Waals surface area contributed by atoms with E-state index in [0.29, 0.717) is 5.69 Å². The number of nitrogens with one attached hydrogen (secondary N) is 2. The molecule has 3 rings (SSSR count). The van der Waals surface area contributed by atoms with Crippen LogP contribution in [0, 0.1) is 0 Å². The van der Waals surface area contributed by atoms with Gasteiger partial charge in [0.25, 0.3) is 5.91 Å². The fraction of sp³-hybridized carbons (Fsp3) is 0.368. The molecular weight excluding hydrogens is 343 g/mol. The maximum absolute atomic E-state index is 13.1. The van der Waals surface area contributed by atoms with E-state index >= 15 is 0 Å². The van der Waals surface area contributed by atoms with E-state index < -0.39 is 17.6 Å². The highest BCUT2D eigenvalue weighted by molar-refractivity contribution is 6.05. The number of benzene rings is 1. The van der Waals surface area contributed by atoms with E-state index in [4.69, 9.17) is 0 Å². The molecule has 1 aliphatic rings. The lowest BCUT2D eigenvalue weighted by molar-refractivity contribution is -0.137. The molecule has 1 saturated carbocycles. The molecule has 1 aliphatic carbocycles. The molecule has 2 N–H and O–H groups in total. The van der Waals surface area contributed by atoms with E-state index in [1.54, 1.807) is 12.1 Å². The summed E-state index contributed by atoms with van der Waals surface area (Å²) in [5.41, 5.74) is 0.114. The molecule has 26 heavy (non-hydrogen) atoms. The van der Waals surface area contributed by atoms with E-state index in [0.717, 1.165) is 37.8 Å². The van der Waals surface area contributed by atoms with Crippen molar-refractivity contribution in [2.75, 3.05) is 10.6 Å². The van der Waals surface area contributed by atoms with E-state index in [1.165, 1.54) is 24.9 Å². The van der Waals surface area contributed by atoms with Crippen LogP contribution in [-0.2, 0) is 6.18 Å². The molecule has 1 amide bonds. The van der Waals surface area contributed by atoms with Crippen LogP contribution in [0.25, 0.3) is 0 Å². The summed E-state index contributed by atoms with van der Waals surface area (Å²) in [7, 11) is 0. The number of nitrogens with zero attached hydrogens (tertiary/aromatic N) is 1. The van der Waals surface area contributed by atoms with Gasteiger partial charge in [-0.05, 0) is 43.2 Å². The normalized spacial score (nSPS) is 15.5. The summed E-state index contributed by atoms with van der Waals surface area (Å²) in [6.07, 6.45) is 3.72. The molecule has 0 saturated heterocycles. The number of alkyl halides is 3. The standard InChI is InChI=1S/C19H20F3N3O/c20-19(21,22)14-8-9-16(24-15-6-2-1-3-7-15)17(11-14)25-18(26)13-5-4-10-23-12-13/h4-5,8-12,15,24H,1-3,6-7H2,(H,25,26). The van der Waals surface area contributed by atoms with Gasteiger partial charge in [0.05, 0.1) is 22.5 Å². The Balaban J connectivity index is 1.86. The van der Waals surface area contributed by atoms with Crippen LogP contribution in [0.5, 0.6) is 0 Å². The first-order chi connectivity index (χ1) is 12.4. The summed E-state index contributed by atoms with van der Waals surface area (Å²) >= 11 is 0. The molecule has 0 aliphatic heterocycles. The first-order valence-electron chi connectivity index (χ1n) is 8.62. The average molecular weight is 363 g/mol. The Morgan fingerprint density at radius 1 is 1.08 bits per heavy atom. The Morgan fingerprint density at radius 3 is 2.50 bits per heavy atom. The molecule has 0 atom stereocenters. The van der Waals surface area contributed by atoms with Crippen LogP contribution in [0.1, 0.15) is 48.0 Å². The van der Waals surface area contributed by atoms with Gasteiger partial charge in [0, 0.05) is 18.4 Å². The van der Waals surface area contributed by atoms with Crippen LogP contribution < -0.4 is 10.6 Å². The Bertz CT molecular complexity index is 756. The van der Waals surface area contributed by atoms with E-state index in [2.05, 4.69) is 15.6 Å². The number of carbonyl (C=O) groups excluding carboxylic acids is 1. The predicted molar refractivity (Wildman–Crippen MR) is 94.1 cm³/mol. The molecule has 0 radical (unpaired) electrons. The van der Waals surface area contributed by atoms with Gasteiger partial charge < -0.3 is 10.6 Å². The second-order valence-electron chi connectivity index (χ2n) is 6.43. The molecular formula is C19H20F3N3O. The molecule has 138 valence electrons. The summed E-state index contributed by atoms with van der Waals surface area (Å²) < 4.78 is 39.2. The summed E-state index contributed by atoms with van der Waals surface area (Å²) in [4.78, 5) is 16.2. The molecule has 1 aromatic carbocycles. The SMILES string of the molecule is O=C(Nc1cc(C(F)(F)F)ccc1NC1CCCCC1)c1cccnc1. The van der Waals surface area contributed by atoms with E-state index in [-0.39, 0.29) is 17.3 Å². The highest BCUT2D eigenvalue weighted by atomic mass is 19.4. The highest BCUT2D eigenvalue weighted by Crippen LogP contribution is 2.35. The third-order valence-corrected chi connectivity index (χ3v) is 4.48. The smallest absolute Gasteiger partial charge is 0.381 e. The first-order valence-corrected chi connectivity index (χ1v) is 8.62. The largest absolute Gasteiger partial charge is 0.416 e. The van der Waals surface area contributed by atoms with Crippen LogP contribution >= 0.6 is 0 Å². The number of anilines is 2. The van der Waals surface area contributed by atoms with Crippen LogP contribution in [0.15, 0.2) is 42.7 Å². The van der Waals surface area contributed by atoms with Gasteiger partial charge in [0.15, 0.2) is 0 Å².